The molecule has 0 aliphatic carbocycles. The lowest BCUT2D eigenvalue weighted by molar-refractivity contribution is 0.1000. The molecule has 2 aromatic carbocycles. The van der Waals surface area contributed by atoms with Gasteiger partial charge in [-0.05, 0) is 43.2 Å². The fourth-order valence-electron chi connectivity index (χ4n) is 3.45. The summed E-state index contributed by atoms with van der Waals surface area (Å²) in [6.45, 7) is 5.95. The molecule has 0 bridgehead atoms. The van der Waals surface area contributed by atoms with Crippen molar-refractivity contribution in [1.29, 1.82) is 0 Å². The summed E-state index contributed by atoms with van der Waals surface area (Å²) in [4.78, 5) is 27.8. The monoisotopic (exact) mass is 396 g/mol. The number of ether oxygens (including phenoxy) is 1. The molecule has 7 heteroatoms. The Labute approximate surface area is 171 Å². The lowest BCUT2D eigenvalue weighted by Gasteiger charge is -2.36. The molecule has 0 spiro atoms. The van der Waals surface area contributed by atoms with E-state index in [2.05, 4.69) is 16.3 Å². The molecule has 0 radical (unpaired) electrons. The summed E-state index contributed by atoms with van der Waals surface area (Å²) in [7, 11) is 0. The Morgan fingerprint density at radius 3 is 2.55 bits per heavy atom. The Hall–Kier alpha value is -3.22. The van der Waals surface area contributed by atoms with E-state index >= 15 is 0 Å². The van der Waals surface area contributed by atoms with Gasteiger partial charge in [0.25, 0.3) is 0 Å². The SMILES string of the molecule is CCOc1ccccc1N1CCN(C(=O)NCCc2cccc(C(N)=O)c2)CC1. The van der Waals surface area contributed by atoms with Crippen molar-refractivity contribution in [1.82, 2.24) is 10.2 Å². The first-order chi connectivity index (χ1) is 14.1. The maximum Gasteiger partial charge on any atom is 0.317 e. The molecule has 1 heterocycles. The van der Waals surface area contributed by atoms with Crippen LogP contribution in [0.3, 0.4) is 0 Å². The van der Waals surface area contributed by atoms with Crippen molar-refractivity contribution in [2.75, 3.05) is 44.2 Å². The van der Waals surface area contributed by atoms with Gasteiger partial charge in [-0.2, -0.15) is 0 Å². The maximum absolute atomic E-state index is 12.5. The fourth-order valence-corrected chi connectivity index (χ4v) is 3.45. The second kappa shape index (κ2) is 9.82. The third kappa shape index (κ3) is 5.40. The summed E-state index contributed by atoms with van der Waals surface area (Å²) in [5.74, 6) is 0.436. The van der Waals surface area contributed by atoms with E-state index in [0.29, 0.717) is 38.2 Å². The minimum absolute atomic E-state index is 0.0613. The van der Waals surface area contributed by atoms with Gasteiger partial charge in [-0.3, -0.25) is 4.79 Å². The van der Waals surface area contributed by atoms with Crippen LogP contribution in [0.25, 0.3) is 0 Å². The minimum Gasteiger partial charge on any atom is -0.492 e. The first-order valence-corrected chi connectivity index (χ1v) is 9.96. The second-order valence-corrected chi connectivity index (χ2v) is 6.92. The zero-order valence-electron chi connectivity index (χ0n) is 16.8. The number of carbonyl (C=O) groups is 2. The Morgan fingerprint density at radius 2 is 1.83 bits per heavy atom. The average Bonchev–Trinajstić information content (AvgIpc) is 2.75. The molecule has 1 aliphatic rings. The number of rotatable bonds is 7. The number of primary amides is 1. The number of benzene rings is 2. The van der Waals surface area contributed by atoms with Gasteiger partial charge in [0.1, 0.15) is 5.75 Å². The normalized spacial score (nSPS) is 13.8. The van der Waals surface area contributed by atoms with Crippen LogP contribution < -0.4 is 20.7 Å². The van der Waals surface area contributed by atoms with Gasteiger partial charge in [0, 0.05) is 38.3 Å². The molecule has 1 fully saturated rings. The van der Waals surface area contributed by atoms with E-state index < -0.39 is 5.91 Å². The van der Waals surface area contributed by atoms with Crippen LogP contribution in [0.15, 0.2) is 48.5 Å². The number of para-hydroxylation sites is 2. The standard InChI is InChI=1S/C22H28N4O3/c1-2-29-20-9-4-3-8-19(20)25-12-14-26(15-13-25)22(28)24-11-10-17-6-5-7-18(16-17)21(23)27/h3-9,16H,2,10-15H2,1H3,(H2,23,27)(H,24,28). The number of hydrogen-bond acceptors (Lipinski definition) is 4. The molecule has 1 saturated heterocycles. The Morgan fingerprint density at radius 1 is 1.07 bits per heavy atom. The van der Waals surface area contributed by atoms with Crippen LogP contribution in [-0.4, -0.2) is 56.2 Å². The van der Waals surface area contributed by atoms with Crippen molar-refractivity contribution in [3.63, 3.8) is 0 Å². The highest BCUT2D eigenvalue weighted by atomic mass is 16.5. The number of nitrogens with two attached hydrogens (primary N) is 1. The van der Waals surface area contributed by atoms with Crippen molar-refractivity contribution in [2.45, 2.75) is 13.3 Å². The van der Waals surface area contributed by atoms with Crippen molar-refractivity contribution in [3.8, 4) is 5.75 Å². The number of nitrogens with one attached hydrogen (secondary N) is 1. The summed E-state index contributed by atoms with van der Waals surface area (Å²) in [6, 6.07) is 15.1. The minimum atomic E-state index is -0.445. The zero-order chi connectivity index (χ0) is 20.6. The summed E-state index contributed by atoms with van der Waals surface area (Å²) in [5.41, 5.74) is 7.84. The van der Waals surface area contributed by atoms with Gasteiger partial charge in [-0.25, -0.2) is 4.79 Å². The van der Waals surface area contributed by atoms with Gasteiger partial charge in [0.15, 0.2) is 0 Å². The largest absolute Gasteiger partial charge is 0.492 e. The van der Waals surface area contributed by atoms with Crippen LogP contribution >= 0.6 is 0 Å². The third-order valence-corrected chi connectivity index (χ3v) is 4.97. The van der Waals surface area contributed by atoms with Gasteiger partial charge >= 0.3 is 6.03 Å². The van der Waals surface area contributed by atoms with Gasteiger partial charge in [-0.1, -0.05) is 24.3 Å². The summed E-state index contributed by atoms with van der Waals surface area (Å²) in [6.07, 6.45) is 0.647. The van der Waals surface area contributed by atoms with E-state index in [0.717, 1.165) is 30.1 Å². The highest BCUT2D eigenvalue weighted by Crippen LogP contribution is 2.28. The molecule has 154 valence electrons. The van der Waals surface area contributed by atoms with Crippen molar-refractivity contribution >= 4 is 17.6 Å². The Balaban J connectivity index is 1.47. The van der Waals surface area contributed by atoms with E-state index in [1.807, 2.05) is 36.1 Å². The van der Waals surface area contributed by atoms with Gasteiger partial charge < -0.3 is 25.6 Å². The second-order valence-electron chi connectivity index (χ2n) is 6.92. The molecular weight excluding hydrogens is 368 g/mol. The lowest BCUT2D eigenvalue weighted by Crippen LogP contribution is -2.52. The molecule has 0 aromatic heterocycles. The highest BCUT2D eigenvalue weighted by molar-refractivity contribution is 5.92. The average molecular weight is 396 g/mol. The summed E-state index contributed by atoms with van der Waals surface area (Å²) in [5, 5.41) is 2.96. The molecule has 3 rings (SSSR count). The van der Waals surface area contributed by atoms with Gasteiger partial charge in [0.2, 0.25) is 5.91 Å². The van der Waals surface area contributed by atoms with E-state index in [4.69, 9.17) is 10.5 Å². The number of piperazine rings is 1. The number of hydrogen-bond donors (Lipinski definition) is 2. The van der Waals surface area contributed by atoms with Crippen molar-refractivity contribution < 1.29 is 14.3 Å². The zero-order valence-corrected chi connectivity index (χ0v) is 16.8. The van der Waals surface area contributed by atoms with Crippen LogP contribution in [0.5, 0.6) is 5.75 Å². The molecule has 3 amide bonds. The molecule has 3 N–H and O–H groups in total. The molecular formula is C22H28N4O3. The topological polar surface area (TPSA) is 87.9 Å². The third-order valence-electron chi connectivity index (χ3n) is 4.97. The molecule has 7 nitrogen and oxygen atoms in total. The number of carbonyl (C=O) groups excluding carboxylic acids is 2. The predicted octanol–water partition coefficient (Wildman–Crippen LogP) is 2.26. The van der Waals surface area contributed by atoms with Crippen LogP contribution in [-0.2, 0) is 6.42 Å². The fraction of sp³-hybridized carbons (Fsp3) is 0.364. The first-order valence-electron chi connectivity index (χ1n) is 9.96. The Kier molecular flexibility index (Phi) is 6.94. The van der Waals surface area contributed by atoms with Crippen LogP contribution in [0, 0.1) is 0 Å². The first kappa shape index (κ1) is 20.5. The number of nitrogens with zero attached hydrogens (tertiary/aromatic N) is 2. The van der Waals surface area contributed by atoms with E-state index in [1.54, 1.807) is 18.2 Å². The molecule has 29 heavy (non-hydrogen) atoms. The number of anilines is 1. The van der Waals surface area contributed by atoms with Crippen molar-refractivity contribution in [2.24, 2.45) is 5.73 Å². The number of urea groups is 1. The predicted molar refractivity (Wildman–Crippen MR) is 113 cm³/mol. The molecule has 0 unspecified atom stereocenters. The molecule has 2 aromatic rings. The lowest BCUT2D eigenvalue weighted by atomic mass is 10.1. The van der Waals surface area contributed by atoms with Gasteiger partial charge in [0.05, 0.1) is 12.3 Å². The van der Waals surface area contributed by atoms with E-state index in [-0.39, 0.29) is 6.03 Å². The summed E-state index contributed by atoms with van der Waals surface area (Å²) < 4.78 is 5.72. The number of amides is 3. The van der Waals surface area contributed by atoms with Crippen LogP contribution in [0.1, 0.15) is 22.8 Å². The van der Waals surface area contributed by atoms with E-state index in [1.165, 1.54) is 0 Å². The quantitative estimate of drug-likeness (QED) is 0.751. The Bertz CT molecular complexity index is 847. The summed E-state index contributed by atoms with van der Waals surface area (Å²) >= 11 is 0. The van der Waals surface area contributed by atoms with Crippen LogP contribution in [0.4, 0.5) is 10.5 Å². The van der Waals surface area contributed by atoms with Crippen LogP contribution in [0.2, 0.25) is 0 Å². The molecule has 0 saturated carbocycles. The molecule has 0 atom stereocenters. The van der Waals surface area contributed by atoms with Gasteiger partial charge in [-0.15, -0.1) is 0 Å². The smallest absolute Gasteiger partial charge is 0.317 e. The highest BCUT2D eigenvalue weighted by Gasteiger charge is 2.22. The van der Waals surface area contributed by atoms with E-state index in [9.17, 15) is 9.59 Å². The van der Waals surface area contributed by atoms with Crippen molar-refractivity contribution in [3.05, 3.63) is 59.7 Å². The molecule has 1 aliphatic heterocycles. The maximum atomic E-state index is 12.5.